The molecule has 28 heavy (non-hydrogen) atoms. The van der Waals surface area contributed by atoms with Crippen LogP contribution in [0.5, 0.6) is 23.0 Å². The zero-order chi connectivity index (χ0) is 21.2. The van der Waals surface area contributed by atoms with Crippen molar-refractivity contribution < 1.29 is 38.6 Å². The Labute approximate surface area is 166 Å². The molecule has 0 aliphatic rings. The summed E-state index contributed by atoms with van der Waals surface area (Å²) in [5, 5.41) is 19.1. The van der Waals surface area contributed by atoms with Gasteiger partial charge in [-0.3, -0.25) is 9.79 Å². The van der Waals surface area contributed by atoms with Gasteiger partial charge in [0.1, 0.15) is 0 Å². The fraction of sp³-hybridized carbons (Fsp3) is 0.684. The number of unbranched alkanes of at least 4 members (excludes halogenated alkanes) is 7. The second-order valence-corrected chi connectivity index (χ2v) is 7.90. The van der Waals surface area contributed by atoms with E-state index in [9.17, 15) is 19.5 Å². The minimum atomic E-state index is -4.82. The molecule has 0 saturated carbocycles. The fourth-order valence-electron chi connectivity index (χ4n) is 3.20. The molecule has 0 aromatic heterocycles. The Morgan fingerprint density at radius 2 is 1.32 bits per heavy atom. The van der Waals surface area contributed by atoms with Crippen molar-refractivity contribution in [1.82, 2.24) is 0 Å². The van der Waals surface area contributed by atoms with Gasteiger partial charge in [-0.15, -0.1) is 0 Å². The van der Waals surface area contributed by atoms with Crippen molar-refractivity contribution in [2.24, 2.45) is 0 Å². The maximum absolute atomic E-state index is 11.4. The van der Waals surface area contributed by atoms with Crippen molar-refractivity contribution >= 4 is 7.82 Å². The smallest absolute Gasteiger partial charge is 0.504 e. The third kappa shape index (κ3) is 7.51. The fourth-order valence-corrected chi connectivity index (χ4v) is 3.63. The summed E-state index contributed by atoms with van der Waals surface area (Å²) >= 11 is 0. The Balaban J connectivity index is 2.83. The van der Waals surface area contributed by atoms with Gasteiger partial charge in [0.15, 0.2) is 11.5 Å². The van der Waals surface area contributed by atoms with Gasteiger partial charge < -0.3 is 24.2 Å². The quantitative estimate of drug-likeness (QED) is 0.264. The summed E-state index contributed by atoms with van der Waals surface area (Å²) in [5.74, 6) is -0.272. The molecular weight excluding hydrogens is 387 g/mol. The summed E-state index contributed by atoms with van der Waals surface area (Å²) in [4.78, 5) is 18.6. The standard InChI is InChI=1S/C19H33O8P/c1-14-15(12-10-8-6-4-5-7-9-11-13-20)17(27-28(22,23)24)19(26-3)18(25-2)16(14)21/h20-21H,4-13H2,1-3H3,(H2,22,23,24). The van der Waals surface area contributed by atoms with Gasteiger partial charge in [-0.25, -0.2) is 4.57 Å². The number of aliphatic hydroxyl groups is 1. The van der Waals surface area contributed by atoms with Gasteiger partial charge >= 0.3 is 7.82 Å². The maximum Gasteiger partial charge on any atom is 0.524 e. The lowest BCUT2D eigenvalue weighted by atomic mass is 9.98. The number of methoxy groups -OCH3 is 2. The topological polar surface area (TPSA) is 126 Å². The van der Waals surface area contributed by atoms with Crippen LogP contribution in [0, 0.1) is 6.92 Å². The number of rotatable bonds is 14. The first-order valence-corrected chi connectivity index (χ1v) is 11.1. The molecule has 0 bridgehead atoms. The Bertz CT molecular complexity index is 656. The first-order chi connectivity index (χ1) is 13.3. The van der Waals surface area contributed by atoms with Crippen LogP contribution in [-0.4, -0.2) is 40.8 Å². The first kappa shape index (κ1) is 24.6. The van der Waals surface area contributed by atoms with Crippen molar-refractivity contribution in [3.63, 3.8) is 0 Å². The lowest BCUT2D eigenvalue weighted by Gasteiger charge is -2.21. The molecule has 1 aromatic carbocycles. The van der Waals surface area contributed by atoms with Crippen LogP contribution in [0.15, 0.2) is 0 Å². The van der Waals surface area contributed by atoms with E-state index in [1.807, 2.05) is 0 Å². The number of aromatic hydroxyl groups is 1. The molecule has 0 heterocycles. The second kappa shape index (κ2) is 12.2. The highest BCUT2D eigenvalue weighted by molar-refractivity contribution is 7.46. The molecule has 4 N–H and O–H groups in total. The monoisotopic (exact) mass is 420 g/mol. The van der Waals surface area contributed by atoms with Crippen LogP contribution in [0.3, 0.4) is 0 Å². The van der Waals surface area contributed by atoms with Gasteiger partial charge in [0, 0.05) is 17.7 Å². The van der Waals surface area contributed by atoms with E-state index in [1.54, 1.807) is 6.92 Å². The maximum atomic E-state index is 11.4. The van der Waals surface area contributed by atoms with Crippen molar-refractivity contribution in [3.05, 3.63) is 11.1 Å². The molecule has 0 spiro atoms. The highest BCUT2D eigenvalue weighted by atomic mass is 31.2. The number of phosphoric acid groups is 1. The Hall–Kier alpha value is -1.47. The molecule has 0 fully saturated rings. The normalized spacial score (nSPS) is 11.5. The zero-order valence-electron chi connectivity index (χ0n) is 16.9. The molecule has 0 atom stereocenters. The van der Waals surface area contributed by atoms with Gasteiger partial charge in [-0.1, -0.05) is 38.5 Å². The van der Waals surface area contributed by atoms with Crippen molar-refractivity contribution in [3.8, 4) is 23.0 Å². The minimum absolute atomic E-state index is 0.0184. The van der Waals surface area contributed by atoms with Gasteiger partial charge in [-0.2, -0.15) is 0 Å². The largest absolute Gasteiger partial charge is 0.524 e. The van der Waals surface area contributed by atoms with E-state index in [4.69, 9.17) is 19.1 Å². The van der Waals surface area contributed by atoms with Crippen LogP contribution >= 0.6 is 7.82 Å². The van der Waals surface area contributed by atoms with Gasteiger partial charge in [0.25, 0.3) is 0 Å². The summed E-state index contributed by atoms with van der Waals surface area (Å²) in [6.07, 6.45) is 8.51. The zero-order valence-corrected chi connectivity index (χ0v) is 17.8. The van der Waals surface area contributed by atoms with Crippen LogP contribution in [-0.2, 0) is 11.0 Å². The number of ether oxygens (including phenoxy) is 2. The SMILES string of the molecule is COc1c(O)c(C)c(CCCCCCCCCCO)c(OP(=O)(O)O)c1OC. The molecule has 162 valence electrons. The van der Waals surface area contributed by atoms with E-state index in [0.29, 0.717) is 17.5 Å². The van der Waals surface area contributed by atoms with E-state index in [-0.39, 0.29) is 29.6 Å². The molecule has 0 saturated heterocycles. The number of benzene rings is 1. The third-order valence-corrected chi connectivity index (χ3v) is 5.08. The van der Waals surface area contributed by atoms with Crippen LogP contribution < -0.4 is 14.0 Å². The number of hydrogen-bond acceptors (Lipinski definition) is 6. The molecule has 0 aliphatic heterocycles. The van der Waals surface area contributed by atoms with Gasteiger partial charge in [0.2, 0.25) is 11.5 Å². The van der Waals surface area contributed by atoms with Crippen molar-refractivity contribution in [2.45, 2.75) is 64.7 Å². The number of aliphatic hydroxyl groups excluding tert-OH is 1. The molecule has 1 aromatic rings. The van der Waals surface area contributed by atoms with Crippen LogP contribution in [0.25, 0.3) is 0 Å². The lowest BCUT2D eigenvalue weighted by molar-refractivity contribution is 0.269. The summed E-state index contributed by atoms with van der Waals surface area (Å²) < 4.78 is 26.7. The first-order valence-electron chi connectivity index (χ1n) is 9.59. The number of hydrogen-bond donors (Lipinski definition) is 4. The number of phosphoric ester groups is 1. The highest BCUT2D eigenvalue weighted by Gasteiger charge is 2.29. The highest BCUT2D eigenvalue weighted by Crippen LogP contribution is 2.53. The molecule has 9 heteroatoms. The average Bonchev–Trinajstić information content (AvgIpc) is 2.63. The molecule has 8 nitrogen and oxygen atoms in total. The molecule has 1 rings (SSSR count). The lowest BCUT2D eigenvalue weighted by Crippen LogP contribution is -2.04. The molecule has 0 radical (unpaired) electrons. The van der Waals surface area contributed by atoms with E-state index in [1.165, 1.54) is 14.2 Å². The summed E-state index contributed by atoms with van der Waals surface area (Å²) in [6, 6.07) is 0. The summed E-state index contributed by atoms with van der Waals surface area (Å²) in [7, 11) is -2.17. The summed E-state index contributed by atoms with van der Waals surface area (Å²) in [6.45, 7) is 1.90. The molecule has 0 aliphatic carbocycles. The van der Waals surface area contributed by atoms with E-state index < -0.39 is 7.82 Å². The van der Waals surface area contributed by atoms with Crippen LogP contribution in [0.4, 0.5) is 0 Å². The van der Waals surface area contributed by atoms with E-state index in [2.05, 4.69) is 0 Å². The average molecular weight is 420 g/mol. The van der Waals surface area contributed by atoms with Crippen molar-refractivity contribution in [1.29, 1.82) is 0 Å². The van der Waals surface area contributed by atoms with Gasteiger partial charge in [-0.05, 0) is 26.2 Å². The van der Waals surface area contributed by atoms with Crippen LogP contribution in [0.1, 0.15) is 62.5 Å². The van der Waals surface area contributed by atoms with Gasteiger partial charge in [0.05, 0.1) is 14.2 Å². The Morgan fingerprint density at radius 3 is 1.79 bits per heavy atom. The second-order valence-electron chi connectivity index (χ2n) is 6.73. The van der Waals surface area contributed by atoms with E-state index in [0.717, 1.165) is 51.4 Å². The van der Waals surface area contributed by atoms with Crippen molar-refractivity contribution in [2.75, 3.05) is 20.8 Å². The Kier molecular flexibility index (Phi) is 10.7. The Morgan fingerprint density at radius 1 is 0.821 bits per heavy atom. The molecule has 0 amide bonds. The molecular formula is C19H33O8P. The van der Waals surface area contributed by atoms with E-state index >= 15 is 0 Å². The molecule has 0 unspecified atom stereocenters. The number of phenolic OH excluding ortho intramolecular Hbond substituents is 1. The third-order valence-electron chi connectivity index (χ3n) is 4.66. The van der Waals surface area contributed by atoms with Crippen LogP contribution in [0.2, 0.25) is 0 Å². The minimum Gasteiger partial charge on any atom is -0.504 e. The predicted molar refractivity (Wildman–Crippen MR) is 106 cm³/mol. The summed E-state index contributed by atoms with van der Waals surface area (Å²) in [5.41, 5.74) is 0.950. The predicted octanol–water partition coefficient (Wildman–Crippen LogP) is 3.84. The number of phenols is 1.